The van der Waals surface area contributed by atoms with Gasteiger partial charge in [-0.1, -0.05) is 13.8 Å². The van der Waals surface area contributed by atoms with E-state index < -0.39 is 0 Å². The van der Waals surface area contributed by atoms with Gasteiger partial charge in [0.05, 0.1) is 11.3 Å². The highest BCUT2D eigenvalue weighted by Crippen LogP contribution is 2.33. The van der Waals surface area contributed by atoms with Gasteiger partial charge in [0, 0.05) is 13.6 Å². The zero-order chi connectivity index (χ0) is 13.3. The van der Waals surface area contributed by atoms with Gasteiger partial charge in [0.2, 0.25) is 5.88 Å². The van der Waals surface area contributed by atoms with Crippen LogP contribution in [0.5, 0.6) is 5.88 Å². The number of nitrogens with two attached hydrogens (primary N) is 1. The van der Waals surface area contributed by atoms with Gasteiger partial charge < -0.3 is 10.5 Å². The number of hydrogen-bond acceptors (Lipinski definition) is 3. The van der Waals surface area contributed by atoms with Crippen molar-refractivity contribution in [2.75, 3.05) is 0 Å². The first kappa shape index (κ1) is 13.4. The summed E-state index contributed by atoms with van der Waals surface area (Å²) in [6, 6.07) is 0. The number of hydrogen-bond donors (Lipinski definition) is 1. The molecule has 0 spiro atoms. The standard InChI is InChI=1S/C14H25N3O/c1-9-5-6-12(7-10(9)2)18-14-13(8-15)11(3)16-17(14)4/h9-10,12H,5-8,15H2,1-4H3. The first-order valence-corrected chi connectivity index (χ1v) is 6.92. The number of nitrogens with zero attached hydrogens (tertiary/aromatic N) is 2. The Hall–Kier alpha value is -1.03. The monoisotopic (exact) mass is 251 g/mol. The molecule has 2 rings (SSSR count). The van der Waals surface area contributed by atoms with Gasteiger partial charge in [0.25, 0.3) is 0 Å². The van der Waals surface area contributed by atoms with E-state index in [9.17, 15) is 0 Å². The number of aryl methyl sites for hydroxylation is 2. The first-order chi connectivity index (χ1) is 8.52. The summed E-state index contributed by atoms with van der Waals surface area (Å²) in [5, 5.41) is 4.39. The molecule has 1 heterocycles. The molecule has 1 aliphatic carbocycles. The molecule has 1 aliphatic rings. The number of rotatable bonds is 3. The summed E-state index contributed by atoms with van der Waals surface area (Å²) in [5.41, 5.74) is 7.81. The molecule has 0 bridgehead atoms. The van der Waals surface area contributed by atoms with Crippen molar-refractivity contribution in [1.82, 2.24) is 9.78 Å². The molecule has 1 aromatic rings. The van der Waals surface area contributed by atoms with E-state index >= 15 is 0 Å². The minimum absolute atomic E-state index is 0.316. The molecule has 1 fully saturated rings. The second-order valence-corrected chi connectivity index (χ2v) is 5.70. The molecule has 2 N–H and O–H groups in total. The molecule has 4 heteroatoms. The fraction of sp³-hybridized carbons (Fsp3) is 0.786. The van der Waals surface area contributed by atoms with Crippen molar-refractivity contribution in [2.45, 2.75) is 52.7 Å². The van der Waals surface area contributed by atoms with E-state index in [-0.39, 0.29) is 0 Å². The molecule has 0 aliphatic heterocycles. The van der Waals surface area contributed by atoms with Gasteiger partial charge in [-0.15, -0.1) is 0 Å². The van der Waals surface area contributed by atoms with E-state index in [2.05, 4.69) is 18.9 Å². The molecule has 1 saturated carbocycles. The van der Waals surface area contributed by atoms with Gasteiger partial charge in [0.15, 0.2) is 0 Å². The normalized spacial score (nSPS) is 28.4. The predicted octanol–water partition coefficient (Wildman–Crippen LogP) is 2.39. The number of ether oxygens (including phenoxy) is 1. The Labute approximate surface area is 110 Å². The quantitative estimate of drug-likeness (QED) is 0.897. The van der Waals surface area contributed by atoms with Crippen LogP contribution >= 0.6 is 0 Å². The summed E-state index contributed by atoms with van der Waals surface area (Å²) in [4.78, 5) is 0. The Morgan fingerprint density at radius 3 is 2.67 bits per heavy atom. The van der Waals surface area contributed by atoms with Gasteiger partial charge >= 0.3 is 0 Å². The minimum Gasteiger partial charge on any atom is -0.474 e. The van der Waals surface area contributed by atoms with Gasteiger partial charge in [-0.25, -0.2) is 4.68 Å². The van der Waals surface area contributed by atoms with E-state index in [0.717, 1.165) is 41.8 Å². The molecular formula is C14H25N3O. The van der Waals surface area contributed by atoms with Crippen molar-refractivity contribution < 1.29 is 4.74 Å². The maximum atomic E-state index is 6.17. The summed E-state index contributed by atoms with van der Waals surface area (Å²) < 4.78 is 7.99. The molecule has 1 aromatic heterocycles. The number of aromatic nitrogens is 2. The molecule has 4 nitrogen and oxygen atoms in total. The smallest absolute Gasteiger partial charge is 0.216 e. The molecular weight excluding hydrogens is 226 g/mol. The van der Waals surface area contributed by atoms with Crippen LogP contribution in [0.25, 0.3) is 0 Å². The highest BCUT2D eigenvalue weighted by atomic mass is 16.5. The fourth-order valence-electron chi connectivity index (χ4n) is 2.83. The summed E-state index contributed by atoms with van der Waals surface area (Å²) in [7, 11) is 1.93. The van der Waals surface area contributed by atoms with Crippen molar-refractivity contribution in [1.29, 1.82) is 0 Å². The third-order valence-corrected chi connectivity index (χ3v) is 4.32. The van der Waals surface area contributed by atoms with Gasteiger partial charge in [0.1, 0.15) is 6.10 Å². The van der Waals surface area contributed by atoms with Crippen molar-refractivity contribution in [3.05, 3.63) is 11.3 Å². The lowest BCUT2D eigenvalue weighted by Gasteiger charge is -2.32. The van der Waals surface area contributed by atoms with E-state index in [0.29, 0.717) is 12.6 Å². The lowest BCUT2D eigenvalue weighted by molar-refractivity contribution is 0.0915. The first-order valence-electron chi connectivity index (χ1n) is 6.92. The minimum atomic E-state index is 0.316. The van der Waals surface area contributed by atoms with Crippen LogP contribution in [0.3, 0.4) is 0 Å². The second-order valence-electron chi connectivity index (χ2n) is 5.70. The third kappa shape index (κ3) is 2.53. The van der Waals surface area contributed by atoms with Crippen LogP contribution < -0.4 is 10.5 Å². The molecule has 3 atom stereocenters. The van der Waals surface area contributed by atoms with Gasteiger partial charge in [-0.3, -0.25) is 0 Å². The van der Waals surface area contributed by atoms with Crippen molar-refractivity contribution in [2.24, 2.45) is 24.6 Å². The Morgan fingerprint density at radius 2 is 2.06 bits per heavy atom. The largest absolute Gasteiger partial charge is 0.474 e. The molecule has 3 unspecified atom stereocenters. The average molecular weight is 251 g/mol. The Bertz CT molecular complexity index is 413. The maximum Gasteiger partial charge on any atom is 0.216 e. The van der Waals surface area contributed by atoms with Gasteiger partial charge in [-0.2, -0.15) is 5.10 Å². The summed E-state index contributed by atoms with van der Waals surface area (Å²) >= 11 is 0. The van der Waals surface area contributed by atoms with Crippen molar-refractivity contribution in [3.8, 4) is 5.88 Å². The molecule has 0 amide bonds. The zero-order valence-electron chi connectivity index (χ0n) is 11.9. The molecule has 0 saturated heterocycles. The van der Waals surface area contributed by atoms with Crippen LogP contribution in [0.2, 0.25) is 0 Å². The predicted molar refractivity (Wildman–Crippen MR) is 72.4 cm³/mol. The van der Waals surface area contributed by atoms with E-state index in [1.165, 1.54) is 6.42 Å². The van der Waals surface area contributed by atoms with Crippen LogP contribution in [0.4, 0.5) is 0 Å². The van der Waals surface area contributed by atoms with Crippen LogP contribution in [0, 0.1) is 18.8 Å². The lowest BCUT2D eigenvalue weighted by atomic mass is 9.80. The maximum absolute atomic E-state index is 6.17. The Balaban J connectivity index is 2.10. The van der Waals surface area contributed by atoms with Gasteiger partial charge in [-0.05, 0) is 38.0 Å². The Kier molecular flexibility index (Phi) is 3.95. The SMILES string of the molecule is Cc1nn(C)c(OC2CCC(C)C(C)C2)c1CN. The molecule has 0 aromatic carbocycles. The average Bonchev–Trinajstić information content (AvgIpc) is 2.58. The summed E-state index contributed by atoms with van der Waals surface area (Å²) in [5.74, 6) is 2.41. The topological polar surface area (TPSA) is 53.1 Å². The van der Waals surface area contributed by atoms with Crippen LogP contribution in [0.1, 0.15) is 44.4 Å². The van der Waals surface area contributed by atoms with Crippen molar-refractivity contribution >= 4 is 0 Å². The Morgan fingerprint density at radius 1 is 1.33 bits per heavy atom. The second kappa shape index (κ2) is 5.31. The molecule has 0 radical (unpaired) electrons. The van der Waals surface area contributed by atoms with Crippen LogP contribution in [0.15, 0.2) is 0 Å². The van der Waals surface area contributed by atoms with Crippen LogP contribution in [-0.4, -0.2) is 15.9 Å². The lowest BCUT2D eigenvalue weighted by Crippen LogP contribution is -2.29. The summed E-state index contributed by atoms with van der Waals surface area (Å²) in [6.07, 6.45) is 3.84. The molecule has 102 valence electrons. The third-order valence-electron chi connectivity index (χ3n) is 4.32. The van der Waals surface area contributed by atoms with Crippen molar-refractivity contribution in [3.63, 3.8) is 0 Å². The molecule has 18 heavy (non-hydrogen) atoms. The van der Waals surface area contributed by atoms with E-state index in [1.54, 1.807) is 0 Å². The highest BCUT2D eigenvalue weighted by molar-refractivity contribution is 5.30. The highest BCUT2D eigenvalue weighted by Gasteiger charge is 2.27. The van der Waals surface area contributed by atoms with E-state index in [1.807, 2.05) is 18.7 Å². The zero-order valence-corrected chi connectivity index (χ0v) is 11.9. The summed E-state index contributed by atoms with van der Waals surface area (Å²) in [6.45, 7) is 7.13. The van der Waals surface area contributed by atoms with E-state index in [4.69, 9.17) is 10.5 Å². The fourth-order valence-corrected chi connectivity index (χ4v) is 2.83. The van der Waals surface area contributed by atoms with Crippen LogP contribution in [-0.2, 0) is 13.6 Å².